The second-order valence-corrected chi connectivity index (χ2v) is 3.85. The summed E-state index contributed by atoms with van der Waals surface area (Å²) in [6.45, 7) is 2.50. The maximum Gasteiger partial charge on any atom is 0.258 e. The maximum absolute atomic E-state index is 11.4. The predicted molar refractivity (Wildman–Crippen MR) is 67.5 cm³/mol. The molecule has 0 heterocycles. The molecule has 0 saturated carbocycles. The van der Waals surface area contributed by atoms with Crippen LogP contribution in [-0.4, -0.2) is 37.9 Å². The summed E-state index contributed by atoms with van der Waals surface area (Å²) in [5, 5.41) is 12.2. The highest BCUT2D eigenvalue weighted by atomic mass is 16.5. The second-order valence-electron chi connectivity index (χ2n) is 3.85. The number of ether oxygens (including phenoxy) is 2. The summed E-state index contributed by atoms with van der Waals surface area (Å²) in [7, 11) is 1.57. The van der Waals surface area contributed by atoms with E-state index in [0.29, 0.717) is 24.5 Å². The van der Waals surface area contributed by atoms with E-state index in [1.165, 1.54) is 0 Å². The highest BCUT2D eigenvalue weighted by Crippen LogP contribution is 2.24. The minimum atomic E-state index is -0.627. The molecule has 0 bridgehead atoms. The topological polar surface area (TPSA) is 67.8 Å². The normalized spacial score (nSPS) is 11.9. The van der Waals surface area contributed by atoms with Gasteiger partial charge >= 0.3 is 0 Å². The Bertz CT molecular complexity index is 379. The predicted octanol–water partition coefficient (Wildman–Crippen LogP) is 0.881. The Morgan fingerprint density at radius 1 is 1.44 bits per heavy atom. The molecule has 0 spiro atoms. The fourth-order valence-electron chi connectivity index (χ4n) is 1.44. The summed E-state index contributed by atoms with van der Waals surface area (Å²) >= 11 is 0. The van der Waals surface area contributed by atoms with E-state index in [0.717, 1.165) is 0 Å². The molecule has 0 aliphatic rings. The van der Waals surface area contributed by atoms with Crippen LogP contribution in [0.15, 0.2) is 24.3 Å². The van der Waals surface area contributed by atoms with E-state index in [2.05, 4.69) is 5.32 Å². The smallest absolute Gasteiger partial charge is 0.258 e. The SMILES string of the molecule is COCCNC(=O)COc1ccccc1C(C)O. The first-order valence-electron chi connectivity index (χ1n) is 5.80. The Hall–Kier alpha value is -1.59. The fraction of sp³-hybridized carbons (Fsp3) is 0.462. The molecule has 0 aromatic heterocycles. The third-order valence-electron chi connectivity index (χ3n) is 2.36. The molecule has 1 atom stereocenters. The molecule has 5 heteroatoms. The van der Waals surface area contributed by atoms with Crippen LogP contribution < -0.4 is 10.1 Å². The van der Waals surface area contributed by atoms with Crippen molar-refractivity contribution >= 4 is 5.91 Å². The molecule has 0 aliphatic heterocycles. The Morgan fingerprint density at radius 2 is 2.17 bits per heavy atom. The maximum atomic E-state index is 11.4. The van der Waals surface area contributed by atoms with Gasteiger partial charge in [0.05, 0.1) is 12.7 Å². The number of methoxy groups -OCH3 is 1. The quantitative estimate of drug-likeness (QED) is 0.708. The van der Waals surface area contributed by atoms with Gasteiger partial charge in [0.2, 0.25) is 0 Å². The lowest BCUT2D eigenvalue weighted by molar-refractivity contribution is -0.123. The lowest BCUT2D eigenvalue weighted by Gasteiger charge is -2.13. The Kier molecular flexibility index (Phi) is 6.18. The van der Waals surface area contributed by atoms with Crippen molar-refractivity contribution < 1.29 is 19.4 Å². The van der Waals surface area contributed by atoms with Crippen LogP contribution in [0.2, 0.25) is 0 Å². The number of aliphatic hydroxyl groups excluding tert-OH is 1. The zero-order chi connectivity index (χ0) is 13.4. The molecule has 1 aromatic carbocycles. The van der Waals surface area contributed by atoms with Crippen LogP contribution in [-0.2, 0) is 9.53 Å². The monoisotopic (exact) mass is 253 g/mol. The summed E-state index contributed by atoms with van der Waals surface area (Å²) in [5.41, 5.74) is 0.669. The van der Waals surface area contributed by atoms with Crippen molar-refractivity contribution in [1.82, 2.24) is 5.32 Å². The minimum Gasteiger partial charge on any atom is -0.483 e. The van der Waals surface area contributed by atoms with Crippen molar-refractivity contribution in [1.29, 1.82) is 0 Å². The number of carbonyl (C=O) groups excluding carboxylic acids is 1. The summed E-state index contributed by atoms with van der Waals surface area (Å²) in [4.78, 5) is 11.4. The van der Waals surface area contributed by atoms with Crippen molar-refractivity contribution in [2.75, 3.05) is 26.9 Å². The van der Waals surface area contributed by atoms with Gasteiger partial charge in [0, 0.05) is 19.2 Å². The van der Waals surface area contributed by atoms with Gasteiger partial charge in [-0.2, -0.15) is 0 Å². The van der Waals surface area contributed by atoms with Gasteiger partial charge in [0.25, 0.3) is 5.91 Å². The van der Waals surface area contributed by atoms with E-state index in [1.54, 1.807) is 32.2 Å². The van der Waals surface area contributed by atoms with Gasteiger partial charge in [-0.3, -0.25) is 4.79 Å². The number of hydrogen-bond acceptors (Lipinski definition) is 4. The molecule has 1 rings (SSSR count). The molecule has 1 amide bonds. The third kappa shape index (κ3) is 4.73. The first-order valence-corrected chi connectivity index (χ1v) is 5.80. The number of carbonyl (C=O) groups is 1. The molecule has 5 nitrogen and oxygen atoms in total. The van der Waals surface area contributed by atoms with Crippen LogP contribution >= 0.6 is 0 Å². The van der Waals surface area contributed by atoms with Crippen molar-refractivity contribution in [3.05, 3.63) is 29.8 Å². The van der Waals surface area contributed by atoms with Gasteiger partial charge in [-0.05, 0) is 13.0 Å². The number of amides is 1. The summed E-state index contributed by atoms with van der Waals surface area (Å²) in [5.74, 6) is 0.307. The second kappa shape index (κ2) is 7.68. The first kappa shape index (κ1) is 14.5. The highest BCUT2D eigenvalue weighted by molar-refractivity contribution is 5.77. The van der Waals surface area contributed by atoms with E-state index >= 15 is 0 Å². The molecule has 0 aliphatic carbocycles. The van der Waals surface area contributed by atoms with Crippen molar-refractivity contribution in [2.24, 2.45) is 0 Å². The van der Waals surface area contributed by atoms with Crippen LogP contribution in [0.25, 0.3) is 0 Å². The summed E-state index contributed by atoms with van der Waals surface area (Å²) in [6.07, 6.45) is -0.627. The van der Waals surface area contributed by atoms with Gasteiger partial charge in [-0.1, -0.05) is 18.2 Å². The molecular weight excluding hydrogens is 234 g/mol. The number of para-hydroxylation sites is 1. The van der Waals surface area contributed by atoms with Crippen LogP contribution in [0.3, 0.4) is 0 Å². The van der Waals surface area contributed by atoms with Crippen molar-refractivity contribution in [2.45, 2.75) is 13.0 Å². The molecule has 0 fully saturated rings. The summed E-state index contributed by atoms with van der Waals surface area (Å²) in [6, 6.07) is 7.10. The molecule has 0 radical (unpaired) electrons. The van der Waals surface area contributed by atoms with Crippen molar-refractivity contribution in [3.63, 3.8) is 0 Å². The molecule has 1 aromatic rings. The Balaban J connectivity index is 2.45. The zero-order valence-electron chi connectivity index (χ0n) is 10.7. The van der Waals surface area contributed by atoms with Gasteiger partial charge in [-0.25, -0.2) is 0 Å². The van der Waals surface area contributed by atoms with Gasteiger partial charge in [0.1, 0.15) is 5.75 Å². The standard InChI is InChI=1S/C13H19NO4/c1-10(15)11-5-3-4-6-12(11)18-9-13(16)14-7-8-17-2/h3-6,10,15H,7-9H2,1-2H3,(H,14,16). The van der Waals surface area contributed by atoms with Crippen LogP contribution in [0.4, 0.5) is 0 Å². The lowest BCUT2D eigenvalue weighted by Crippen LogP contribution is -2.31. The molecule has 1 unspecified atom stereocenters. The molecular formula is C13H19NO4. The van der Waals surface area contributed by atoms with E-state index < -0.39 is 6.10 Å². The summed E-state index contributed by atoms with van der Waals surface area (Å²) < 4.78 is 10.2. The zero-order valence-corrected chi connectivity index (χ0v) is 10.7. The average molecular weight is 253 g/mol. The number of nitrogens with one attached hydrogen (secondary N) is 1. The number of benzene rings is 1. The third-order valence-corrected chi connectivity index (χ3v) is 2.36. The lowest BCUT2D eigenvalue weighted by atomic mass is 10.1. The van der Waals surface area contributed by atoms with E-state index in [1.807, 2.05) is 6.07 Å². The van der Waals surface area contributed by atoms with E-state index in [4.69, 9.17) is 9.47 Å². The van der Waals surface area contributed by atoms with Crippen molar-refractivity contribution in [3.8, 4) is 5.75 Å². The molecule has 100 valence electrons. The van der Waals surface area contributed by atoms with E-state index in [9.17, 15) is 9.90 Å². The minimum absolute atomic E-state index is 0.0759. The number of hydrogen-bond donors (Lipinski definition) is 2. The largest absolute Gasteiger partial charge is 0.483 e. The molecule has 2 N–H and O–H groups in total. The van der Waals surface area contributed by atoms with Crippen LogP contribution in [0.5, 0.6) is 5.75 Å². The Morgan fingerprint density at radius 3 is 2.83 bits per heavy atom. The fourth-order valence-corrected chi connectivity index (χ4v) is 1.44. The van der Waals surface area contributed by atoms with Crippen LogP contribution in [0, 0.1) is 0 Å². The van der Waals surface area contributed by atoms with Gasteiger partial charge in [0.15, 0.2) is 6.61 Å². The molecule has 0 saturated heterocycles. The highest BCUT2D eigenvalue weighted by Gasteiger charge is 2.09. The number of aliphatic hydroxyl groups is 1. The molecule has 18 heavy (non-hydrogen) atoms. The Labute approximate surface area is 107 Å². The van der Waals surface area contributed by atoms with E-state index in [-0.39, 0.29) is 12.5 Å². The number of rotatable bonds is 7. The van der Waals surface area contributed by atoms with Gasteiger partial charge < -0.3 is 19.9 Å². The average Bonchev–Trinajstić information content (AvgIpc) is 2.37. The van der Waals surface area contributed by atoms with Crippen LogP contribution in [0.1, 0.15) is 18.6 Å². The first-order chi connectivity index (χ1) is 8.65. The van der Waals surface area contributed by atoms with Gasteiger partial charge in [-0.15, -0.1) is 0 Å².